The third-order valence-corrected chi connectivity index (χ3v) is 7.32. The Morgan fingerprint density at radius 3 is 2.05 bits per heavy atom. The summed E-state index contributed by atoms with van der Waals surface area (Å²) in [5, 5.41) is 12.1. The number of rotatable bonds is 12. The van der Waals surface area contributed by atoms with E-state index < -0.39 is 36.0 Å². The highest BCUT2D eigenvalue weighted by molar-refractivity contribution is 5.87. The third-order valence-electron chi connectivity index (χ3n) is 7.32. The molecule has 210 valence electrons. The zero-order chi connectivity index (χ0) is 28.6. The molecule has 0 heterocycles. The average molecular weight is 545 g/mol. The van der Waals surface area contributed by atoms with Crippen LogP contribution in [0.5, 0.6) is 0 Å². The first-order valence-electron chi connectivity index (χ1n) is 13.6. The zero-order valence-electron chi connectivity index (χ0n) is 23.1. The number of carboxylic acid groups (broad SMARTS) is 1. The van der Waals surface area contributed by atoms with Crippen molar-refractivity contribution in [2.24, 2.45) is 5.92 Å². The van der Waals surface area contributed by atoms with E-state index in [4.69, 9.17) is 9.47 Å². The molecule has 2 amide bonds. The number of fused-ring (bicyclic) bond motifs is 3. The van der Waals surface area contributed by atoms with E-state index in [9.17, 15) is 19.5 Å². The maximum Gasteiger partial charge on any atom is 0.407 e. The highest BCUT2D eigenvalue weighted by atomic mass is 16.5. The van der Waals surface area contributed by atoms with Gasteiger partial charge in [-0.1, -0.05) is 85.8 Å². The van der Waals surface area contributed by atoms with E-state index in [0.29, 0.717) is 0 Å². The van der Waals surface area contributed by atoms with Crippen molar-refractivity contribution in [2.75, 3.05) is 19.7 Å². The predicted octanol–water partition coefficient (Wildman–Crippen LogP) is 5.07. The van der Waals surface area contributed by atoms with Gasteiger partial charge in [0.2, 0.25) is 5.91 Å². The first kappa shape index (κ1) is 28.8. The number of ether oxygens (including phenoxy) is 2. The molecular weight excluding hydrogens is 508 g/mol. The van der Waals surface area contributed by atoms with E-state index in [-0.39, 0.29) is 32.2 Å². The summed E-state index contributed by atoms with van der Waals surface area (Å²) in [6.45, 7) is 5.67. The first-order chi connectivity index (χ1) is 19.3. The fraction of sp³-hybridized carbons (Fsp3) is 0.344. The molecule has 0 fully saturated rings. The molecule has 0 spiro atoms. The quantitative estimate of drug-likeness (QED) is 0.330. The molecule has 1 aliphatic rings. The van der Waals surface area contributed by atoms with Crippen LogP contribution in [-0.4, -0.2) is 59.8 Å². The zero-order valence-corrected chi connectivity index (χ0v) is 23.1. The standard InChI is InChI=1S/C32H36N2O6/c1-4-34(18-21(2)31(36)37)30(35)29(22(3)39-19-23-12-6-5-7-13-23)33-32(38)40-20-28-26-16-10-8-14-24(26)25-15-9-11-17-27(25)28/h5-17,21-22,28-29H,4,18-20H2,1-3H3,(H,33,38)(H,36,37)/t21?,22-,29+/m0/s1. The second-order valence-electron chi connectivity index (χ2n) is 10.1. The van der Waals surface area contributed by atoms with Crippen LogP contribution in [0.3, 0.4) is 0 Å². The molecule has 40 heavy (non-hydrogen) atoms. The molecule has 3 atom stereocenters. The molecule has 0 radical (unpaired) electrons. The second kappa shape index (κ2) is 13.3. The molecule has 8 heteroatoms. The van der Waals surface area contributed by atoms with Gasteiger partial charge < -0.3 is 24.8 Å². The normalized spacial score (nSPS) is 14.4. The Labute approximate surface area is 234 Å². The summed E-state index contributed by atoms with van der Waals surface area (Å²) in [6.07, 6.45) is -1.44. The number of amides is 2. The number of nitrogens with zero attached hydrogens (tertiary/aromatic N) is 1. The van der Waals surface area contributed by atoms with Crippen molar-refractivity contribution < 1.29 is 29.0 Å². The van der Waals surface area contributed by atoms with E-state index in [1.54, 1.807) is 20.8 Å². The van der Waals surface area contributed by atoms with Gasteiger partial charge in [0, 0.05) is 19.0 Å². The lowest BCUT2D eigenvalue weighted by Crippen LogP contribution is -2.55. The van der Waals surface area contributed by atoms with Crippen molar-refractivity contribution in [2.45, 2.75) is 45.4 Å². The molecule has 1 unspecified atom stereocenters. The number of aliphatic carboxylic acids is 1. The van der Waals surface area contributed by atoms with Crippen LogP contribution in [0.15, 0.2) is 78.9 Å². The Morgan fingerprint density at radius 1 is 0.900 bits per heavy atom. The van der Waals surface area contributed by atoms with Crippen LogP contribution in [0.25, 0.3) is 11.1 Å². The number of hydrogen-bond acceptors (Lipinski definition) is 5. The predicted molar refractivity (Wildman–Crippen MR) is 152 cm³/mol. The van der Waals surface area contributed by atoms with Gasteiger partial charge in [-0.25, -0.2) is 4.79 Å². The lowest BCUT2D eigenvalue weighted by atomic mass is 9.98. The minimum Gasteiger partial charge on any atom is -0.481 e. The minimum absolute atomic E-state index is 0.0128. The largest absolute Gasteiger partial charge is 0.481 e. The van der Waals surface area contributed by atoms with Gasteiger partial charge in [0.1, 0.15) is 12.6 Å². The van der Waals surface area contributed by atoms with E-state index in [0.717, 1.165) is 27.8 Å². The van der Waals surface area contributed by atoms with E-state index in [2.05, 4.69) is 17.4 Å². The fourth-order valence-corrected chi connectivity index (χ4v) is 5.03. The van der Waals surface area contributed by atoms with Crippen LogP contribution in [0.2, 0.25) is 0 Å². The Hall–Kier alpha value is -4.17. The van der Waals surface area contributed by atoms with Crippen LogP contribution < -0.4 is 5.32 Å². The van der Waals surface area contributed by atoms with Crippen molar-refractivity contribution in [1.29, 1.82) is 0 Å². The van der Waals surface area contributed by atoms with Crippen molar-refractivity contribution in [1.82, 2.24) is 10.2 Å². The van der Waals surface area contributed by atoms with E-state index in [1.807, 2.05) is 66.7 Å². The summed E-state index contributed by atoms with van der Waals surface area (Å²) >= 11 is 0. The van der Waals surface area contributed by atoms with Gasteiger partial charge in [0.15, 0.2) is 0 Å². The van der Waals surface area contributed by atoms with Crippen LogP contribution in [0, 0.1) is 5.92 Å². The number of nitrogens with one attached hydrogen (secondary N) is 1. The van der Waals surface area contributed by atoms with Crippen molar-refractivity contribution in [3.05, 3.63) is 95.6 Å². The Morgan fingerprint density at radius 2 is 1.48 bits per heavy atom. The van der Waals surface area contributed by atoms with Gasteiger partial charge in [0.25, 0.3) is 0 Å². The molecule has 0 saturated heterocycles. The van der Waals surface area contributed by atoms with Crippen LogP contribution in [0.1, 0.15) is 43.4 Å². The Bertz CT molecular complexity index is 1280. The third kappa shape index (κ3) is 6.69. The van der Waals surface area contributed by atoms with E-state index >= 15 is 0 Å². The molecule has 8 nitrogen and oxygen atoms in total. The first-order valence-corrected chi connectivity index (χ1v) is 13.6. The Balaban J connectivity index is 1.47. The van der Waals surface area contributed by atoms with Crippen LogP contribution >= 0.6 is 0 Å². The lowest BCUT2D eigenvalue weighted by molar-refractivity contribution is -0.144. The number of hydrogen-bond donors (Lipinski definition) is 2. The molecular formula is C32H36N2O6. The smallest absolute Gasteiger partial charge is 0.407 e. The number of carbonyl (C=O) groups is 3. The average Bonchev–Trinajstić information content (AvgIpc) is 3.30. The molecule has 0 bridgehead atoms. The molecule has 4 rings (SSSR count). The van der Waals surface area contributed by atoms with Gasteiger partial charge >= 0.3 is 12.1 Å². The maximum atomic E-state index is 13.6. The summed E-state index contributed by atoms with van der Waals surface area (Å²) in [5.41, 5.74) is 5.34. The number of carboxylic acids is 1. The van der Waals surface area contributed by atoms with Gasteiger partial charge in [-0.15, -0.1) is 0 Å². The number of benzene rings is 3. The van der Waals surface area contributed by atoms with Gasteiger partial charge in [-0.2, -0.15) is 0 Å². The summed E-state index contributed by atoms with van der Waals surface area (Å²) in [5.74, 6) is -2.31. The molecule has 3 aromatic carbocycles. The molecule has 2 N–H and O–H groups in total. The number of alkyl carbamates (subject to hydrolysis) is 1. The molecule has 1 aliphatic carbocycles. The van der Waals surface area contributed by atoms with E-state index in [1.165, 1.54) is 4.90 Å². The number of carbonyl (C=O) groups excluding carboxylic acids is 2. The fourth-order valence-electron chi connectivity index (χ4n) is 5.03. The highest BCUT2D eigenvalue weighted by Gasteiger charge is 2.34. The number of likely N-dealkylation sites (N-methyl/N-ethyl adjacent to an activating group) is 1. The van der Waals surface area contributed by atoms with Crippen molar-refractivity contribution >= 4 is 18.0 Å². The monoisotopic (exact) mass is 544 g/mol. The summed E-state index contributed by atoms with van der Waals surface area (Å²) in [7, 11) is 0. The summed E-state index contributed by atoms with van der Waals surface area (Å²) in [4.78, 5) is 39.6. The molecule has 0 saturated carbocycles. The van der Waals surface area contributed by atoms with Crippen LogP contribution in [0.4, 0.5) is 4.79 Å². The van der Waals surface area contributed by atoms with Gasteiger partial charge in [0.05, 0.1) is 18.6 Å². The molecule has 0 aliphatic heterocycles. The highest BCUT2D eigenvalue weighted by Crippen LogP contribution is 2.44. The van der Waals surface area contributed by atoms with Crippen molar-refractivity contribution in [3.8, 4) is 11.1 Å². The van der Waals surface area contributed by atoms with Gasteiger partial charge in [-0.3, -0.25) is 9.59 Å². The lowest BCUT2D eigenvalue weighted by Gasteiger charge is -2.31. The minimum atomic E-state index is -1.07. The summed E-state index contributed by atoms with van der Waals surface area (Å²) in [6, 6.07) is 24.6. The topological polar surface area (TPSA) is 105 Å². The van der Waals surface area contributed by atoms with Crippen LogP contribution in [-0.2, 0) is 25.7 Å². The van der Waals surface area contributed by atoms with Crippen molar-refractivity contribution in [3.63, 3.8) is 0 Å². The Kier molecular flexibility index (Phi) is 9.56. The molecule has 3 aromatic rings. The molecule has 0 aromatic heterocycles. The SMILES string of the molecule is CCN(CC(C)C(=O)O)C(=O)[C@H](NC(=O)OCC1c2ccccc2-c2ccccc21)[C@H](C)OCc1ccccc1. The maximum absolute atomic E-state index is 13.6. The van der Waals surface area contributed by atoms with Gasteiger partial charge in [-0.05, 0) is 41.7 Å². The summed E-state index contributed by atoms with van der Waals surface area (Å²) < 4.78 is 11.7. The second-order valence-corrected chi connectivity index (χ2v) is 10.1.